The van der Waals surface area contributed by atoms with Gasteiger partial charge in [0.25, 0.3) is 0 Å². The number of hydrogen-bond acceptors (Lipinski definition) is 6. The Hall–Kier alpha value is -3.29. The predicted molar refractivity (Wildman–Crippen MR) is 131 cm³/mol. The van der Waals surface area contributed by atoms with Gasteiger partial charge < -0.3 is 9.47 Å². The summed E-state index contributed by atoms with van der Waals surface area (Å²) in [5.41, 5.74) is 3.24. The topological polar surface area (TPSA) is 66.2 Å². The highest BCUT2D eigenvalue weighted by atomic mass is 35.5. The van der Waals surface area contributed by atoms with Crippen LogP contribution in [0.1, 0.15) is 15.9 Å². The Morgan fingerprint density at radius 3 is 2.45 bits per heavy atom. The Morgan fingerprint density at radius 1 is 1.00 bits per heavy atom. The first-order valence-electron chi connectivity index (χ1n) is 10.2. The molecule has 0 saturated heterocycles. The maximum atomic E-state index is 13.1. The van der Waals surface area contributed by atoms with Gasteiger partial charge in [-0.2, -0.15) is 0 Å². The first-order chi connectivity index (χ1) is 16.0. The zero-order valence-corrected chi connectivity index (χ0v) is 20.0. The van der Waals surface area contributed by atoms with Crippen LogP contribution in [0.3, 0.4) is 0 Å². The number of nitrogens with zero attached hydrogens (tertiary/aromatic N) is 3. The number of hydrogen-bond donors (Lipinski definition) is 0. The van der Waals surface area contributed by atoms with Gasteiger partial charge in [0.15, 0.2) is 16.8 Å². The number of methoxy groups -OCH3 is 2. The number of thioether (sulfide) groups is 1. The van der Waals surface area contributed by atoms with Crippen LogP contribution in [0.5, 0.6) is 11.5 Å². The van der Waals surface area contributed by atoms with Crippen LogP contribution in [0, 0.1) is 6.92 Å². The van der Waals surface area contributed by atoms with Gasteiger partial charge >= 0.3 is 0 Å². The lowest BCUT2D eigenvalue weighted by Gasteiger charge is -2.12. The number of halogens is 1. The highest BCUT2D eigenvalue weighted by Crippen LogP contribution is 2.33. The highest BCUT2D eigenvalue weighted by Gasteiger charge is 2.20. The lowest BCUT2D eigenvalue weighted by atomic mass is 10.1. The van der Waals surface area contributed by atoms with Crippen molar-refractivity contribution in [2.24, 2.45) is 0 Å². The molecule has 0 amide bonds. The maximum absolute atomic E-state index is 13.1. The molecule has 0 bridgehead atoms. The smallest absolute Gasteiger partial charge is 0.196 e. The highest BCUT2D eigenvalue weighted by molar-refractivity contribution is 7.99. The minimum Gasteiger partial charge on any atom is -0.497 e. The maximum Gasteiger partial charge on any atom is 0.196 e. The van der Waals surface area contributed by atoms with Crippen LogP contribution >= 0.6 is 23.4 Å². The Balaban J connectivity index is 1.69. The molecule has 0 spiro atoms. The van der Waals surface area contributed by atoms with Gasteiger partial charge in [0, 0.05) is 11.3 Å². The van der Waals surface area contributed by atoms with Gasteiger partial charge in [0.2, 0.25) is 0 Å². The van der Waals surface area contributed by atoms with E-state index in [2.05, 4.69) is 10.2 Å². The largest absolute Gasteiger partial charge is 0.497 e. The number of ketones is 1. The molecule has 33 heavy (non-hydrogen) atoms. The summed E-state index contributed by atoms with van der Waals surface area (Å²) in [6.07, 6.45) is 0. The summed E-state index contributed by atoms with van der Waals surface area (Å²) >= 11 is 7.76. The minimum atomic E-state index is -0.103. The summed E-state index contributed by atoms with van der Waals surface area (Å²) < 4.78 is 12.5. The van der Waals surface area contributed by atoms with E-state index in [0.29, 0.717) is 33.1 Å². The lowest BCUT2D eigenvalue weighted by molar-refractivity contribution is 0.101. The van der Waals surface area contributed by atoms with E-state index in [1.807, 2.05) is 60.0 Å². The van der Waals surface area contributed by atoms with E-state index in [1.54, 1.807) is 25.3 Å². The van der Waals surface area contributed by atoms with E-state index in [1.165, 1.54) is 18.9 Å². The fraction of sp³-hybridized carbons (Fsp3) is 0.160. The van der Waals surface area contributed by atoms with Gasteiger partial charge in [-0.05, 0) is 49.4 Å². The molecule has 0 unspecified atom stereocenters. The fourth-order valence-electron chi connectivity index (χ4n) is 3.35. The average Bonchev–Trinajstić information content (AvgIpc) is 3.26. The van der Waals surface area contributed by atoms with Crippen molar-refractivity contribution in [3.63, 3.8) is 0 Å². The van der Waals surface area contributed by atoms with Crippen LogP contribution in [-0.4, -0.2) is 40.5 Å². The van der Waals surface area contributed by atoms with Crippen LogP contribution < -0.4 is 9.47 Å². The molecule has 3 aromatic carbocycles. The molecule has 0 aliphatic heterocycles. The van der Waals surface area contributed by atoms with Gasteiger partial charge in [-0.25, -0.2) is 0 Å². The number of aryl methyl sites for hydroxylation is 1. The van der Waals surface area contributed by atoms with Crippen molar-refractivity contribution in [1.82, 2.24) is 14.8 Å². The van der Waals surface area contributed by atoms with E-state index >= 15 is 0 Å². The number of rotatable bonds is 8. The Labute approximate surface area is 201 Å². The number of aromatic nitrogens is 3. The van der Waals surface area contributed by atoms with Crippen LogP contribution in [0.2, 0.25) is 5.02 Å². The molecule has 6 nitrogen and oxygen atoms in total. The van der Waals surface area contributed by atoms with Crippen molar-refractivity contribution in [2.45, 2.75) is 12.1 Å². The molecule has 168 valence electrons. The first-order valence-corrected chi connectivity index (χ1v) is 11.5. The van der Waals surface area contributed by atoms with Crippen molar-refractivity contribution in [1.29, 1.82) is 0 Å². The van der Waals surface area contributed by atoms with Crippen LogP contribution in [0.4, 0.5) is 0 Å². The zero-order chi connectivity index (χ0) is 23.4. The predicted octanol–water partition coefficient (Wildman–Crippen LogP) is 5.89. The van der Waals surface area contributed by atoms with Crippen molar-refractivity contribution in [2.75, 3.05) is 20.0 Å². The molecule has 4 rings (SSSR count). The summed E-state index contributed by atoms with van der Waals surface area (Å²) in [5, 5.41) is 9.96. The number of benzene rings is 3. The summed E-state index contributed by atoms with van der Waals surface area (Å²) in [6.45, 7) is 2.03. The number of Topliss-reactive ketones (excluding diaryl/α,β-unsaturated/α-hetero) is 1. The summed E-state index contributed by atoms with van der Waals surface area (Å²) in [5.74, 6) is 1.74. The number of carbonyl (C=O) groups is 1. The Bertz CT molecular complexity index is 1290. The first kappa shape index (κ1) is 22.9. The molecule has 1 heterocycles. The van der Waals surface area contributed by atoms with Gasteiger partial charge in [0.05, 0.1) is 30.6 Å². The van der Waals surface area contributed by atoms with Crippen LogP contribution in [0.25, 0.3) is 17.1 Å². The lowest BCUT2D eigenvalue weighted by Crippen LogP contribution is -2.07. The molecule has 0 fully saturated rings. The molecule has 4 aromatic rings. The van der Waals surface area contributed by atoms with Crippen molar-refractivity contribution >= 4 is 29.1 Å². The molecule has 0 radical (unpaired) electrons. The third-order valence-electron chi connectivity index (χ3n) is 5.08. The quantitative estimate of drug-likeness (QED) is 0.232. The molecule has 0 aliphatic rings. The molecule has 0 saturated carbocycles. The summed E-state index contributed by atoms with van der Waals surface area (Å²) in [6, 6.07) is 20.7. The van der Waals surface area contributed by atoms with Crippen molar-refractivity contribution in [3.8, 4) is 28.6 Å². The molecule has 1 aromatic heterocycles. The molecule has 0 atom stereocenters. The van der Waals surface area contributed by atoms with Gasteiger partial charge in [-0.15, -0.1) is 10.2 Å². The van der Waals surface area contributed by atoms with E-state index < -0.39 is 0 Å². The average molecular weight is 480 g/mol. The van der Waals surface area contributed by atoms with Crippen LogP contribution in [-0.2, 0) is 0 Å². The second-order valence-corrected chi connectivity index (χ2v) is 8.58. The minimum absolute atomic E-state index is 0.103. The molecular formula is C25H22ClN3O3S. The van der Waals surface area contributed by atoms with Crippen molar-refractivity contribution < 1.29 is 14.3 Å². The molecule has 0 N–H and O–H groups in total. The molecule has 0 aliphatic carbocycles. The van der Waals surface area contributed by atoms with E-state index in [0.717, 1.165) is 16.8 Å². The number of ether oxygens (including phenoxy) is 2. The standard InChI is InChI=1S/C25H22ClN3O3S/c1-16-8-10-17(11-9-16)29-24(19-6-4-5-7-21(19)26)27-28-25(29)33-15-22(30)20-14-18(31-2)12-13-23(20)32-3/h4-14H,15H2,1-3H3. The Morgan fingerprint density at radius 2 is 1.76 bits per heavy atom. The normalized spacial score (nSPS) is 10.8. The van der Waals surface area contributed by atoms with Crippen LogP contribution in [0.15, 0.2) is 71.9 Å². The second-order valence-electron chi connectivity index (χ2n) is 7.24. The summed E-state index contributed by atoms with van der Waals surface area (Å²) in [4.78, 5) is 13.1. The van der Waals surface area contributed by atoms with Gasteiger partial charge in [-0.1, -0.05) is 53.2 Å². The van der Waals surface area contributed by atoms with E-state index in [4.69, 9.17) is 21.1 Å². The third-order valence-corrected chi connectivity index (χ3v) is 6.34. The second kappa shape index (κ2) is 10.1. The van der Waals surface area contributed by atoms with E-state index in [9.17, 15) is 4.79 Å². The van der Waals surface area contributed by atoms with Gasteiger partial charge in [0.1, 0.15) is 11.5 Å². The van der Waals surface area contributed by atoms with Gasteiger partial charge in [-0.3, -0.25) is 9.36 Å². The third kappa shape index (κ3) is 4.89. The van der Waals surface area contributed by atoms with Crippen molar-refractivity contribution in [3.05, 3.63) is 82.9 Å². The monoisotopic (exact) mass is 479 g/mol. The van der Waals surface area contributed by atoms with E-state index in [-0.39, 0.29) is 11.5 Å². The molecular weight excluding hydrogens is 458 g/mol. The molecule has 8 heteroatoms. The summed E-state index contributed by atoms with van der Waals surface area (Å²) in [7, 11) is 3.10. The number of carbonyl (C=O) groups excluding carboxylic acids is 1. The Kier molecular flexibility index (Phi) is 7.01. The SMILES string of the molecule is COc1ccc(OC)c(C(=O)CSc2nnc(-c3ccccc3Cl)n2-c2ccc(C)cc2)c1. The zero-order valence-electron chi connectivity index (χ0n) is 18.4. The fourth-order valence-corrected chi connectivity index (χ4v) is 4.40.